The fourth-order valence-electron chi connectivity index (χ4n) is 8.08. The standard InChI is InChI=1S/C42H29N3/c1-42(2)33-18-6-3-14-27(33)31-24-32-30-17-9-12-26-13-10-21-37(41(26)30)45(38(32)25-34(31)42)40-23-11-22-39(43-40)44-35-19-7-4-15-28(35)29-16-5-8-20-36(29)44/h3-25H,1-2H3. The minimum Gasteiger partial charge on any atom is -0.294 e. The van der Waals surface area contributed by atoms with Crippen LogP contribution in [0.1, 0.15) is 25.0 Å². The number of hydrogen-bond acceptors (Lipinski definition) is 2. The molecule has 2 aliphatic rings. The molecule has 0 amide bonds. The fraction of sp³-hybridized carbons (Fsp3) is 0.0714. The summed E-state index contributed by atoms with van der Waals surface area (Å²) in [4.78, 5) is 7.85. The van der Waals surface area contributed by atoms with Gasteiger partial charge >= 0.3 is 0 Å². The molecule has 1 aliphatic carbocycles. The average molecular weight is 576 g/mol. The summed E-state index contributed by atoms with van der Waals surface area (Å²) in [5, 5.41) is 4.97. The van der Waals surface area contributed by atoms with Gasteiger partial charge in [0.05, 0.1) is 22.4 Å². The Bertz CT molecular complexity index is 2470. The van der Waals surface area contributed by atoms with Crippen molar-refractivity contribution in [3.63, 3.8) is 0 Å². The van der Waals surface area contributed by atoms with E-state index in [4.69, 9.17) is 4.98 Å². The van der Waals surface area contributed by atoms with Crippen LogP contribution in [0.2, 0.25) is 0 Å². The second-order valence-corrected chi connectivity index (χ2v) is 12.8. The van der Waals surface area contributed by atoms with Crippen molar-refractivity contribution in [2.75, 3.05) is 4.90 Å². The Hall–Kier alpha value is -5.67. The third-order valence-corrected chi connectivity index (χ3v) is 10.1. The van der Waals surface area contributed by atoms with Crippen LogP contribution in [0.4, 0.5) is 17.2 Å². The molecule has 0 fully saturated rings. The van der Waals surface area contributed by atoms with E-state index >= 15 is 0 Å². The number of para-hydroxylation sites is 2. The number of aromatic nitrogens is 2. The van der Waals surface area contributed by atoms with Crippen LogP contribution in [0.3, 0.4) is 0 Å². The summed E-state index contributed by atoms with van der Waals surface area (Å²) in [6, 6.07) is 50.8. The van der Waals surface area contributed by atoms with Crippen molar-refractivity contribution in [1.29, 1.82) is 0 Å². The maximum absolute atomic E-state index is 5.46. The van der Waals surface area contributed by atoms with E-state index in [0.717, 1.165) is 28.4 Å². The first-order valence-electron chi connectivity index (χ1n) is 15.7. The molecule has 0 radical (unpaired) electrons. The number of rotatable bonds is 2. The number of pyridine rings is 1. The first kappa shape index (κ1) is 24.7. The highest BCUT2D eigenvalue weighted by molar-refractivity contribution is 6.14. The van der Waals surface area contributed by atoms with E-state index < -0.39 is 0 Å². The summed E-state index contributed by atoms with van der Waals surface area (Å²) >= 11 is 0. The molecule has 8 aromatic rings. The highest BCUT2D eigenvalue weighted by Crippen LogP contribution is 2.56. The zero-order chi connectivity index (χ0) is 29.9. The molecule has 6 aromatic carbocycles. The SMILES string of the molecule is CC1(C)c2ccccc2-c2cc3c(cc21)N(c1cccc(-n2c4ccccc4c4ccccc42)n1)c1cccc2cccc-3c12. The molecule has 0 bridgehead atoms. The maximum Gasteiger partial charge on any atom is 0.140 e. The number of benzene rings is 6. The fourth-order valence-corrected chi connectivity index (χ4v) is 8.08. The van der Waals surface area contributed by atoms with Crippen LogP contribution in [0, 0.1) is 0 Å². The van der Waals surface area contributed by atoms with Gasteiger partial charge < -0.3 is 0 Å². The summed E-state index contributed by atoms with van der Waals surface area (Å²) in [6.45, 7) is 4.71. The molecule has 0 saturated heterocycles. The molecule has 0 spiro atoms. The van der Waals surface area contributed by atoms with Gasteiger partial charge in [-0.1, -0.05) is 111 Å². The first-order chi connectivity index (χ1) is 22.1. The van der Waals surface area contributed by atoms with Crippen molar-refractivity contribution in [3.8, 4) is 28.1 Å². The first-order valence-corrected chi connectivity index (χ1v) is 15.7. The quantitative estimate of drug-likeness (QED) is 0.204. The predicted octanol–water partition coefficient (Wildman–Crippen LogP) is 11.1. The van der Waals surface area contributed by atoms with Crippen LogP contribution in [0.5, 0.6) is 0 Å². The summed E-state index contributed by atoms with van der Waals surface area (Å²) in [7, 11) is 0. The molecule has 212 valence electrons. The lowest BCUT2D eigenvalue weighted by molar-refractivity contribution is 0.660. The summed E-state index contributed by atoms with van der Waals surface area (Å²) in [6.07, 6.45) is 0. The Morgan fingerprint density at radius 3 is 1.93 bits per heavy atom. The lowest BCUT2D eigenvalue weighted by Crippen LogP contribution is -2.19. The molecule has 0 unspecified atom stereocenters. The molecular weight excluding hydrogens is 546 g/mol. The molecule has 45 heavy (non-hydrogen) atoms. The third-order valence-electron chi connectivity index (χ3n) is 10.1. The van der Waals surface area contributed by atoms with Crippen LogP contribution in [0.15, 0.2) is 140 Å². The normalized spacial score (nSPS) is 14.1. The van der Waals surface area contributed by atoms with Gasteiger partial charge in [-0.05, 0) is 75.7 Å². The molecule has 3 heterocycles. The molecule has 10 rings (SSSR count). The average Bonchev–Trinajstić information content (AvgIpc) is 3.53. The van der Waals surface area contributed by atoms with Gasteiger partial charge in [-0.3, -0.25) is 9.47 Å². The van der Waals surface area contributed by atoms with Gasteiger partial charge in [0, 0.05) is 27.1 Å². The minimum absolute atomic E-state index is 0.103. The Morgan fingerprint density at radius 1 is 0.489 bits per heavy atom. The van der Waals surface area contributed by atoms with Gasteiger partial charge in [-0.25, -0.2) is 4.98 Å². The summed E-state index contributed by atoms with van der Waals surface area (Å²) < 4.78 is 2.30. The van der Waals surface area contributed by atoms with Crippen LogP contribution in [-0.4, -0.2) is 9.55 Å². The Balaban J connectivity index is 1.27. The predicted molar refractivity (Wildman–Crippen MR) is 187 cm³/mol. The monoisotopic (exact) mass is 575 g/mol. The van der Waals surface area contributed by atoms with Crippen LogP contribution >= 0.6 is 0 Å². The van der Waals surface area contributed by atoms with Gasteiger partial charge in [0.2, 0.25) is 0 Å². The molecule has 2 aromatic heterocycles. The van der Waals surface area contributed by atoms with Crippen molar-refractivity contribution in [2.45, 2.75) is 19.3 Å². The van der Waals surface area contributed by atoms with E-state index in [1.165, 1.54) is 60.6 Å². The van der Waals surface area contributed by atoms with Crippen molar-refractivity contribution < 1.29 is 0 Å². The van der Waals surface area contributed by atoms with Gasteiger partial charge in [0.15, 0.2) is 0 Å². The lowest BCUT2D eigenvalue weighted by atomic mass is 9.81. The molecule has 3 nitrogen and oxygen atoms in total. The minimum atomic E-state index is -0.103. The molecule has 1 aliphatic heterocycles. The van der Waals surface area contributed by atoms with Crippen molar-refractivity contribution in [3.05, 3.63) is 151 Å². The Labute approximate surface area is 261 Å². The number of nitrogens with zero attached hydrogens (tertiary/aromatic N) is 3. The zero-order valence-corrected chi connectivity index (χ0v) is 25.1. The molecular formula is C42H29N3. The molecule has 0 atom stereocenters. The second kappa shape index (κ2) is 8.71. The number of hydrogen-bond donors (Lipinski definition) is 0. The van der Waals surface area contributed by atoms with E-state index in [-0.39, 0.29) is 5.41 Å². The smallest absolute Gasteiger partial charge is 0.140 e. The zero-order valence-electron chi connectivity index (χ0n) is 25.1. The van der Waals surface area contributed by atoms with Crippen LogP contribution in [0.25, 0.3) is 60.6 Å². The number of fused-ring (bicyclic) bond motifs is 8. The van der Waals surface area contributed by atoms with Crippen molar-refractivity contribution in [2.24, 2.45) is 0 Å². The van der Waals surface area contributed by atoms with E-state index in [2.05, 4.69) is 163 Å². The molecule has 0 N–H and O–H groups in total. The van der Waals surface area contributed by atoms with E-state index in [0.29, 0.717) is 0 Å². The largest absolute Gasteiger partial charge is 0.294 e. The Morgan fingerprint density at radius 2 is 1.13 bits per heavy atom. The van der Waals surface area contributed by atoms with Gasteiger partial charge in [0.25, 0.3) is 0 Å². The highest BCUT2D eigenvalue weighted by atomic mass is 15.2. The van der Waals surface area contributed by atoms with E-state index in [1.54, 1.807) is 0 Å². The third kappa shape index (κ3) is 3.22. The van der Waals surface area contributed by atoms with Crippen molar-refractivity contribution in [1.82, 2.24) is 9.55 Å². The number of anilines is 3. The van der Waals surface area contributed by atoms with Gasteiger partial charge in [-0.15, -0.1) is 0 Å². The lowest BCUT2D eigenvalue weighted by Gasteiger charge is -2.34. The summed E-state index contributed by atoms with van der Waals surface area (Å²) in [5.41, 5.74) is 12.5. The van der Waals surface area contributed by atoms with E-state index in [9.17, 15) is 0 Å². The second-order valence-electron chi connectivity index (χ2n) is 12.8. The highest BCUT2D eigenvalue weighted by Gasteiger charge is 2.38. The van der Waals surface area contributed by atoms with Gasteiger partial charge in [-0.2, -0.15) is 0 Å². The maximum atomic E-state index is 5.46. The molecule has 0 saturated carbocycles. The van der Waals surface area contributed by atoms with E-state index in [1.807, 2.05) is 0 Å². The topological polar surface area (TPSA) is 21.1 Å². The van der Waals surface area contributed by atoms with Crippen LogP contribution in [-0.2, 0) is 5.41 Å². The molecule has 3 heteroatoms. The summed E-state index contributed by atoms with van der Waals surface area (Å²) in [5.74, 6) is 1.82. The Kier molecular flexibility index (Phi) is 4.79. The van der Waals surface area contributed by atoms with Crippen molar-refractivity contribution >= 4 is 49.8 Å². The van der Waals surface area contributed by atoms with Crippen LogP contribution < -0.4 is 4.90 Å². The van der Waals surface area contributed by atoms with Gasteiger partial charge in [0.1, 0.15) is 11.6 Å².